The van der Waals surface area contributed by atoms with Crippen LogP contribution in [0.4, 0.5) is 10.1 Å². The highest BCUT2D eigenvalue weighted by Crippen LogP contribution is 2.34. The highest BCUT2D eigenvalue weighted by Gasteiger charge is 2.38. The zero-order valence-electron chi connectivity index (χ0n) is 16.4. The molecule has 32 heavy (non-hydrogen) atoms. The highest BCUT2D eigenvalue weighted by atomic mass is 32.2. The summed E-state index contributed by atoms with van der Waals surface area (Å²) in [6.45, 7) is 0. The van der Waals surface area contributed by atoms with E-state index in [0.717, 1.165) is 35.1 Å². The molecule has 0 bridgehead atoms. The summed E-state index contributed by atoms with van der Waals surface area (Å²) in [6, 6.07) is 11.9. The van der Waals surface area contributed by atoms with Crippen molar-refractivity contribution in [1.29, 1.82) is 0 Å². The number of hydrogen-bond acceptors (Lipinski definition) is 6. The van der Waals surface area contributed by atoms with Crippen LogP contribution >= 0.6 is 11.3 Å². The Morgan fingerprint density at radius 1 is 1.12 bits per heavy atom. The van der Waals surface area contributed by atoms with Gasteiger partial charge in [0.05, 0.1) is 28.3 Å². The second-order valence-electron chi connectivity index (χ2n) is 7.15. The van der Waals surface area contributed by atoms with Crippen LogP contribution in [0.1, 0.15) is 31.2 Å². The van der Waals surface area contributed by atoms with Gasteiger partial charge in [0.2, 0.25) is 5.91 Å². The fourth-order valence-electron chi connectivity index (χ4n) is 3.50. The summed E-state index contributed by atoms with van der Waals surface area (Å²) in [4.78, 5) is 37.1. The van der Waals surface area contributed by atoms with Gasteiger partial charge in [0, 0.05) is 0 Å². The van der Waals surface area contributed by atoms with Crippen molar-refractivity contribution in [3.05, 3.63) is 81.3 Å². The maximum atomic E-state index is 14.6. The van der Waals surface area contributed by atoms with Crippen molar-refractivity contribution in [2.75, 3.05) is 10.7 Å². The molecule has 0 atom stereocenters. The van der Waals surface area contributed by atoms with Crippen molar-refractivity contribution in [1.82, 2.24) is 0 Å². The number of amides is 2. The predicted octanol–water partition coefficient (Wildman–Crippen LogP) is 3.33. The molecule has 0 radical (unpaired) electrons. The number of carbonyl (C=O) groups is 3. The molecule has 2 heterocycles. The number of rotatable bonds is 6. The van der Waals surface area contributed by atoms with E-state index >= 15 is 0 Å². The molecule has 164 valence electrons. The number of halogens is 1. The van der Waals surface area contributed by atoms with Crippen molar-refractivity contribution in [2.24, 2.45) is 0 Å². The first-order chi connectivity index (χ1) is 15.2. The minimum absolute atomic E-state index is 0.182. The lowest BCUT2D eigenvalue weighted by molar-refractivity contribution is -0.117. The number of imide groups is 1. The third kappa shape index (κ3) is 3.94. The first kappa shape index (κ1) is 21.8. The Balaban J connectivity index is 1.69. The van der Waals surface area contributed by atoms with Gasteiger partial charge in [-0.25, -0.2) is 22.5 Å². The summed E-state index contributed by atoms with van der Waals surface area (Å²) in [5.74, 6) is -4.31. The summed E-state index contributed by atoms with van der Waals surface area (Å²) in [7, 11) is -3.85. The number of thiophene rings is 1. The molecule has 10 heteroatoms. The topological polar surface area (TPSA) is 109 Å². The first-order valence-corrected chi connectivity index (χ1v) is 12.0. The minimum Gasteiger partial charge on any atom is -0.477 e. The van der Waals surface area contributed by atoms with Gasteiger partial charge in [0.25, 0.3) is 5.91 Å². The van der Waals surface area contributed by atoms with Crippen molar-refractivity contribution in [3.63, 3.8) is 0 Å². The molecule has 1 N–H and O–H groups in total. The molecular formula is C22H16FNO6S2. The number of anilines is 1. The maximum absolute atomic E-state index is 14.6. The van der Waals surface area contributed by atoms with Crippen molar-refractivity contribution in [3.8, 4) is 0 Å². The number of benzene rings is 2. The Morgan fingerprint density at radius 2 is 1.84 bits per heavy atom. The lowest BCUT2D eigenvalue weighted by atomic mass is 10.0. The van der Waals surface area contributed by atoms with E-state index in [9.17, 15) is 32.3 Å². The number of carboxylic acids is 1. The Bertz CT molecular complexity index is 1350. The number of aryl methyl sites for hydroxylation is 1. The van der Waals surface area contributed by atoms with E-state index < -0.39 is 39.1 Å². The Labute approximate surface area is 186 Å². The van der Waals surface area contributed by atoms with Crippen molar-refractivity contribution < 1.29 is 32.3 Å². The van der Waals surface area contributed by atoms with Gasteiger partial charge in [-0.3, -0.25) is 9.59 Å². The number of carbonyl (C=O) groups excluding carboxylic acids is 2. The summed E-state index contributed by atoms with van der Waals surface area (Å²) >= 11 is 0.804. The highest BCUT2D eigenvalue weighted by molar-refractivity contribution is 7.91. The summed E-state index contributed by atoms with van der Waals surface area (Å²) < 4.78 is 40.3. The van der Waals surface area contributed by atoms with Crippen molar-refractivity contribution >= 4 is 44.6 Å². The van der Waals surface area contributed by atoms with Crippen LogP contribution in [-0.4, -0.2) is 37.1 Å². The van der Waals surface area contributed by atoms with Gasteiger partial charge in [-0.15, -0.1) is 11.3 Å². The number of nitrogens with zero attached hydrogens (tertiary/aromatic N) is 1. The molecule has 0 unspecified atom stereocenters. The minimum atomic E-state index is -3.85. The third-order valence-electron chi connectivity index (χ3n) is 5.09. The van der Waals surface area contributed by atoms with E-state index in [1.165, 1.54) is 5.38 Å². The normalized spacial score (nSPS) is 13.8. The fourth-order valence-corrected chi connectivity index (χ4v) is 5.70. The summed E-state index contributed by atoms with van der Waals surface area (Å²) in [6.07, 6.45) is -0.0625. The van der Waals surface area contributed by atoms with Gasteiger partial charge < -0.3 is 5.11 Å². The van der Waals surface area contributed by atoms with Gasteiger partial charge >= 0.3 is 5.97 Å². The first-order valence-electron chi connectivity index (χ1n) is 9.46. The zero-order chi connectivity index (χ0) is 23.0. The van der Waals surface area contributed by atoms with Gasteiger partial charge in [-0.1, -0.05) is 30.3 Å². The molecule has 7 nitrogen and oxygen atoms in total. The number of carboxylic acid groups (broad SMARTS) is 1. The van der Waals surface area contributed by atoms with Crippen LogP contribution in [0.5, 0.6) is 0 Å². The summed E-state index contributed by atoms with van der Waals surface area (Å²) in [5, 5.41) is 10.7. The molecule has 0 spiro atoms. The van der Waals surface area contributed by atoms with Crippen LogP contribution in [0.2, 0.25) is 0 Å². The molecule has 4 rings (SSSR count). The maximum Gasteiger partial charge on any atom is 0.346 e. The number of hydrogen-bond donors (Lipinski definition) is 1. The van der Waals surface area contributed by atoms with E-state index in [4.69, 9.17) is 0 Å². The quantitative estimate of drug-likeness (QED) is 0.435. The van der Waals surface area contributed by atoms with Crippen LogP contribution in [0.15, 0.2) is 58.8 Å². The number of aromatic carboxylic acids is 1. The Morgan fingerprint density at radius 3 is 2.53 bits per heavy atom. The molecule has 0 saturated carbocycles. The number of fused-ring (bicyclic) bond motifs is 1. The molecule has 0 aliphatic carbocycles. The molecular weight excluding hydrogens is 457 g/mol. The average molecular weight is 474 g/mol. The second kappa shape index (κ2) is 8.29. The zero-order valence-corrected chi connectivity index (χ0v) is 18.1. The van der Waals surface area contributed by atoms with Gasteiger partial charge in [-0.05, 0) is 41.1 Å². The van der Waals surface area contributed by atoms with E-state index in [1.807, 2.05) is 6.07 Å². The van der Waals surface area contributed by atoms with E-state index in [-0.39, 0.29) is 39.5 Å². The predicted molar refractivity (Wildman–Crippen MR) is 115 cm³/mol. The molecule has 1 aliphatic heterocycles. The second-order valence-corrected chi connectivity index (χ2v) is 10.1. The largest absolute Gasteiger partial charge is 0.477 e. The molecule has 0 saturated heterocycles. The Kier molecular flexibility index (Phi) is 5.66. The van der Waals surface area contributed by atoms with Gasteiger partial charge in [0.1, 0.15) is 10.7 Å². The lowest BCUT2D eigenvalue weighted by Crippen LogP contribution is -2.43. The molecule has 3 aromatic rings. The van der Waals surface area contributed by atoms with Crippen LogP contribution in [0.3, 0.4) is 0 Å². The third-order valence-corrected chi connectivity index (χ3v) is 7.82. The van der Waals surface area contributed by atoms with E-state index in [1.54, 1.807) is 24.3 Å². The summed E-state index contributed by atoms with van der Waals surface area (Å²) in [5.41, 5.74) is 0.365. The SMILES string of the molecule is O=C(O)c1scc2c1C(=O)N(c1cc(S(=O)(=O)CCc3ccccc3)ccc1F)C(=O)C2. The van der Waals surface area contributed by atoms with E-state index in [2.05, 4.69) is 0 Å². The number of sulfone groups is 1. The van der Waals surface area contributed by atoms with Gasteiger partial charge in [-0.2, -0.15) is 0 Å². The van der Waals surface area contributed by atoms with Crippen LogP contribution in [0, 0.1) is 5.82 Å². The monoisotopic (exact) mass is 473 g/mol. The standard InChI is InChI=1S/C22H16FNO6S2/c23-16-7-6-15(32(29,30)9-8-13-4-2-1-3-5-13)11-17(16)24-18(25)10-14-12-31-20(22(27)28)19(14)21(24)26/h1-7,11-12H,8-10H2,(H,27,28). The molecule has 0 fully saturated rings. The van der Waals surface area contributed by atoms with Crippen LogP contribution in [-0.2, 0) is 27.5 Å². The fraction of sp³-hybridized carbons (Fsp3) is 0.136. The smallest absolute Gasteiger partial charge is 0.346 e. The molecule has 2 amide bonds. The van der Waals surface area contributed by atoms with Crippen LogP contribution in [0.25, 0.3) is 0 Å². The molecule has 1 aliphatic rings. The molecule has 2 aromatic carbocycles. The van der Waals surface area contributed by atoms with Gasteiger partial charge in [0.15, 0.2) is 9.84 Å². The van der Waals surface area contributed by atoms with Crippen LogP contribution < -0.4 is 4.90 Å². The van der Waals surface area contributed by atoms with E-state index in [0.29, 0.717) is 4.90 Å². The Hall–Kier alpha value is -3.37. The molecule has 1 aromatic heterocycles. The lowest BCUT2D eigenvalue weighted by Gasteiger charge is -2.26. The average Bonchev–Trinajstić information content (AvgIpc) is 3.18. The van der Waals surface area contributed by atoms with Crippen molar-refractivity contribution in [2.45, 2.75) is 17.7 Å².